The van der Waals surface area contributed by atoms with Crippen molar-refractivity contribution in [3.8, 4) is 0 Å². The first-order valence-corrected chi connectivity index (χ1v) is 4.65. The lowest BCUT2D eigenvalue weighted by atomic mass is 10.1. The van der Waals surface area contributed by atoms with Crippen molar-refractivity contribution in [2.45, 2.75) is 32.7 Å². The summed E-state index contributed by atoms with van der Waals surface area (Å²) in [6.07, 6.45) is 1.75. The average Bonchev–Trinajstić information content (AvgIpc) is 2.02. The van der Waals surface area contributed by atoms with Crippen molar-refractivity contribution < 1.29 is 10.2 Å². The molecule has 0 rings (SSSR count). The predicted octanol–water partition coefficient (Wildman–Crippen LogP) is 0.365. The van der Waals surface area contributed by atoms with Crippen LogP contribution in [0.1, 0.15) is 26.7 Å². The molecule has 0 aromatic rings. The van der Waals surface area contributed by atoms with E-state index < -0.39 is 0 Å². The second kappa shape index (κ2) is 7.53. The van der Waals surface area contributed by atoms with Crippen LogP contribution in [0.5, 0.6) is 0 Å². The Morgan fingerprint density at radius 3 is 2.25 bits per heavy atom. The van der Waals surface area contributed by atoms with Gasteiger partial charge in [0.25, 0.3) is 0 Å². The van der Waals surface area contributed by atoms with Gasteiger partial charge in [-0.1, -0.05) is 13.8 Å². The quantitative estimate of drug-likeness (QED) is 0.524. The molecule has 0 heterocycles. The highest BCUT2D eigenvalue weighted by Crippen LogP contribution is 1.98. The Morgan fingerprint density at radius 2 is 1.83 bits per heavy atom. The molecule has 3 N–H and O–H groups in total. The summed E-state index contributed by atoms with van der Waals surface area (Å²) in [5.74, 6) is 0.686. The average molecular weight is 175 g/mol. The molecule has 0 saturated carbocycles. The van der Waals surface area contributed by atoms with Gasteiger partial charge in [0.05, 0.1) is 6.61 Å². The zero-order chi connectivity index (χ0) is 9.40. The third-order valence-electron chi connectivity index (χ3n) is 1.85. The van der Waals surface area contributed by atoms with E-state index >= 15 is 0 Å². The minimum Gasteiger partial charge on any atom is -0.396 e. The first-order chi connectivity index (χ1) is 5.70. The van der Waals surface area contributed by atoms with Crippen LogP contribution >= 0.6 is 0 Å². The Hall–Kier alpha value is -0.120. The lowest BCUT2D eigenvalue weighted by Gasteiger charge is -2.15. The molecule has 0 aliphatic rings. The zero-order valence-corrected chi connectivity index (χ0v) is 8.08. The van der Waals surface area contributed by atoms with E-state index in [2.05, 4.69) is 19.2 Å². The Morgan fingerprint density at radius 1 is 1.17 bits per heavy atom. The van der Waals surface area contributed by atoms with Crippen LogP contribution in [-0.2, 0) is 0 Å². The van der Waals surface area contributed by atoms with Crippen LogP contribution in [0.3, 0.4) is 0 Å². The highest BCUT2D eigenvalue weighted by atomic mass is 16.3. The molecule has 1 atom stereocenters. The molecule has 0 radical (unpaired) electrons. The molecular weight excluding hydrogens is 154 g/mol. The number of hydrogen-bond acceptors (Lipinski definition) is 3. The van der Waals surface area contributed by atoms with E-state index in [1.807, 2.05) is 0 Å². The van der Waals surface area contributed by atoms with Crippen LogP contribution in [-0.4, -0.2) is 36.0 Å². The van der Waals surface area contributed by atoms with Gasteiger partial charge in [-0.2, -0.15) is 0 Å². The van der Waals surface area contributed by atoms with Crippen molar-refractivity contribution in [1.82, 2.24) is 5.32 Å². The second-order valence-corrected chi connectivity index (χ2v) is 3.53. The summed E-state index contributed by atoms with van der Waals surface area (Å²) in [6, 6.07) is 0.0637. The standard InChI is InChI=1S/C9H21NO2/c1-8(2)3-5-10-9(7-12)4-6-11/h8-12H,3-7H2,1-2H3. The third kappa shape index (κ3) is 6.58. The highest BCUT2D eigenvalue weighted by Gasteiger charge is 2.04. The molecule has 0 spiro atoms. The van der Waals surface area contributed by atoms with Crippen LogP contribution in [0.15, 0.2) is 0 Å². The largest absolute Gasteiger partial charge is 0.396 e. The van der Waals surface area contributed by atoms with E-state index in [4.69, 9.17) is 10.2 Å². The lowest BCUT2D eigenvalue weighted by Crippen LogP contribution is -2.34. The summed E-state index contributed by atoms with van der Waals surface area (Å²) in [4.78, 5) is 0. The molecule has 3 heteroatoms. The van der Waals surface area contributed by atoms with Gasteiger partial charge in [0, 0.05) is 12.6 Å². The summed E-state index contributed by atoms with van der Waals surface area (Å²) < 4.78 is 0. The van der Waals surface area contributed by atoms with Crippen LogP contribution in [0, 0.1) is 5.92 Å². The lowest BCUT2D eigenvalue weighted by molar-refractivity contribution is 0.199. The highest BCUT2D eigenvalue weighted by molar-refractivity contribution is 4.64. The van der Waals surface area contributed by atoms with Gasteiger partial charge in [0.1, 0.15) is 0 Å². The molecule has 0 aliphatic heterocycles. The topological polar surface area (TPSA) is 52.5 Å². The van der Waals surface area contributed by atoms with Gasteiger partial charge in [-0.3, -0.25) is 0 Å². The SMILES string of the molecule is CC(C)CCNC(CO)CCO. The molecule has 3 nitrogen and oxygen atoms in total. The molecule has 0 aromatic carbocycles. The van der Waals surface area contributed by atoms with Gasteiger partial charge < -0.3 is 15.5 Å². The Labute approximate surface area is 74.8 Å². The fourth-order valence-corrected chi connectivity index (χ4v) is 0.990. The van der Waals surface area contributed by atoms with E-state index in [9.17, 15) is 0 Å². The maximum absolute atomic E-state index is 8.85. The maximum atomic E-state index is 8.85. The molecule has 0 bridgehead atoms. The normalized spacial score (nSPS) is 13.8. The van der Waals surface area contributed by atoms with Gasteiger partial charge in [0.15, 0.2) is 0 Å². The maximum Gasteiger partial charge on any atom is 0.0585 e. The van der Waals surface area contributed by atoms with E-state index in [0.29, 0.717) is 12.3 Å². The third-order valence-corrected chi connectivity index (χ3v) is 1.85. The van der Waals surface area contributed by atoms with Gasteiger partial charge in [-0.25, -0.2) is 0 Å². The Bertz CT molecular complexity index is 96.5. The number of nitrogens with one attached hydrogen (secondary N) is 1. The van der Waals surface area contributed by atoms with Crippen molar-refractivity contribution in [1.29, 1.82) is 0 Å². The Kier molecular flexibility index (Phi) is 7.45. The summed E-state index contributed by atoms with van der Waals surface area (Å²) >= 11 is 0. The molecule has 0 aromatic heterocycles. The first-order valence-electron chi connectivity index (χ1n) is 4.65. The number of aliphatic hydroxyl groups excluding tert-OH is 2. The molecule has 0 aliphatic carbocycles. The monoisotopic (exact) mass is 175 g/mol. The van der Waals surface area contributed by atoms with Gasteiger partial charge in [-0.15, -0.1) is 0 Å². The van der Waals surface area contributed by atoms with E-state index in [1.54, 1.807) is 0 Å². The minimum atomic E-state index is 0.0637. The van der Waals surface area contributed by atoms with Crippen LogP contribution < -0.4 is 5.32 Å². The van der Waals surface area contributed by atoms with Gasteiger partial charge in [0.2, 0.25) is 0 Å². The summed E-state index contributed by atoms with van der Waals surface area (Å²) in [6.45, 7) is 5.50. The molecule has 1 unspecified atom stereocenters. The number of rotatable bonds is 7. The molecule has 0 amide bonds. The van der Waals surface area contributed by atoms with E-state index in [-0.39, 0.29) is 19.3 Å². The molecule has 12 heavy (non-hydrogen) atoms. The summed E-state index contributed by atoms with van der Waals surface area (Å²) in [5.41, 5.74) is 0. The number of hydrogen-bond donors (Lipinski definition) is 3. The van der Waals surface area contributed by atoms with Crippen LogP contribution in [0.2, 0.25) is 0 Å². The second-order valence-electron chi connectivity index (χ2n) is 3.53. The van der Waals surface area contributed by atoms with Crippen molar-refractivity contribution in [3.05, 3.63) is 0 Å². The van der Waals surface area contributed by atoms with Crippen molar-refractivity contribution in [3.63, 3.8) is 0 Å². The van der Waals surface area contributed by atoms with Crippen molar-refractivity contribution in [2.24, 2.45) is 5.92 Å². The number of aliphatic hydroxyl groups is 2. The molecule has 74 valence electrons. The Balaban J connectivity index is 3.31. The van der Waals surface area contributed by atoms with E-state index in [1.165, 1.54) is 0 Å². The first kappa shape index (κ1) is 11.9. The van der Waals surface area contributed by atoms with Crippen molar-refractivity contribution in [2.75, 3.05) is 19.8 Å². The van der Waals surface area contributed by atoms with Crippen LogP contribution in [0.4, 0.5) is 0 Å². The minimum absolute atomic E-state index is 0.0637. The van der Waals surface area contributed by atoms with Gasteiger partial charge >= 0.3 is 0 Å². The zero-order valence-electron chi connectivity index (χ0n) is 8.08. The summed E-state index contributed by atoms with van der Waals surface area (Å²) in [5, 5.41) is 20.7. The van der Waals surface area contributed by atoms with Crippen LogP contribution in [0.25, 0.3) is 0 Å². The smallest absolute Gasteiger partial charge is 0.0585 e. The van der Waals surface area contributed by atoms with E-state index in [0.717, 1.165) is 13.0 Å². The molecular formula is C9H21NO2. The molecule has 0 saturated heterocycles. The summed E-state index contributed by atoms with van der Waals surface area (Å²) in [7, 11) is 0. The fraction of sp³-hybridized carbons (Fsp3) is 1.00. The predicted molar refractivity (Wildman–Crippen MR) is 50.0 cm³/mol. The van der Waals surface area contributed by atoms with Crippen molar-refractivity contribution >= 4 is 0 Å². The van der Waals surface area contributed by atoms with Gasteiger partial charge in [-0.05, 0) is 25.3 Å². The molecule has 0 fully saturated rings. The fourth-order valence-electron chi connectivity index (χ4n) is 0.990.